The van der Waals surface area contributed by atoms with Crippen LogP contribution in [-0.4, -0.2) is 73.2 Å². The molecule has 4 rings (SSSR count). The molecule has 0 saturated carbocycles. The van der Waals surface area contributed by atoms with E-state index in [0.717, 1.165) is 58.2 Å². The van der Waals surface area contributed by atoms with Gasteiger partial charge in [-0.15, -0.1) is 0 Å². The molecule has 0 aromatic heterocycles. The van der Waals surface area contributed by atoms with Gasteiger partial charge in [-0.2, -0.15) is 0 Å². The van der Waals surface area contributed by atoms with Crippen molar-refractivity contribution >= 4 is 29.3 Å². The topological polar surface area (TPSA) is 103 Å². The second-order valence-corrected chi connectivity index (χ2v) is 8.80. The monoisotopic (exact) mass is 443 g/mol. The average molecular weight is 444 g/mol. The number of likely N-dealkylation sites (tertiary alicyclic amines) is 2. The highest BCUT2D eigenvalue weighted by molar-refractivity contribution is 5.94. The van der Waals surface area contributed by atoms with Gasteiger partial charge in [0.1, 0.15) is 0 Å². The lowest BCUT2D eigenvalue weighted by Crippen LogP contribution is -2.48. The quantitative estimate of drug-likeness (QED) is 0.651. The Kier molecular flexibility index (Phi) is 7.47. The molecular weight excluding hydrogens is 410 g/mol. The Morgan fingerprint density at radius 3 is 2.25 bits per heavy atom. The van der Waals surface area contributed by atoms with Crippen LogP contribution >= 0.6 is 0 Å². The van der Waals surface area contributed by atoms with Gasteiger partial charge >= 0.3 is 12.1 Å². The average Bonchev–Trinajstić information content (AvgIpc) is 3.53. The number of carbonyl (C=O) groups excluding carboxylic acids is 3. The van der Waals surface area contributed by atoms with Crippen LogP contribution in [0.2, 0.25) is 0 Å². The van der Waals surface area contributed by atoms with Crippen molar-refractivity contribution in [2.24, 2.45) is 5.92 Å². The summed E-state index contributed by atoms with van der Waals surface area (Å²) in [5.74, 6) is -0.282. The van der Waals surface area contributed by atoms with Crippen LogP contribution in [0, 0.1) is 5.92 Å². The third kappa shape index (κ3) is 5.91. The summed E-state index contributed by atoms with van der Waals surface area (Å²) in [4.78, 5) is 41.2. The summed E-state index contributed by atoms with van der Waals surface area (Å²) in [5, 5.41) is 8.55. The second-order valence-electron chi connectivity index (χ2n) is 8.80. The molecule has 0 radical (unpaired) electrons. The van der Waals surface area contributed by atoms with Crippen molar-refractivity contribution in [2.75, 3.05) is 50.0 Å². The Hall–Kier alpha value is -2.81. The first-order valence-electron chi connectivity index (χ1n) is 11.7. The number of hydrogen-bond donors (Lipinski definition) is 3. The van der Waals surface area contributed by atoms with Crippen molar-refractivity contribution in [3.8, 4) is 0 Å². The number of urea groups is 2. The number of nitrogens with one attached hydrogen (secondary N) is 3. The van der Waals surface area contributed by atoms with Crippen molar-refractivity contribution in [3.05, 3.63) is 24.3 Å². The zero-order chi connectivity index (χ0) is 22.3. The molecule has 1 aromatic rings. The standard InChI is InChI=1S/C23H33N5O4/c29-21(17-5-3-13-28(16-17)23(31)27-11-1-2-12-27)25-18-7-9-19(10-8-18)26-22(30)24-15-20-6-4-14-32-20/h7-10,17,20H,1-6,11-16H2,(H,25,29)(H2,24,26,30)/t17-,20-/m1/s1. The molecule has 174 valence electrons. The second kappa shape index (κ2) is 10.7. The number of benzene rings is 1. The van der Waals surface area contributed by atoms with E-state index in [2.05, 4.69) is 16.0 Å². The third-order valence-corrected chi connectivity index (χ3v) is 6.36. The van der Waals surface area contributed by atoms with Crippen LogP contribution < -0.4 is 16.0 Å². The normalized spacial score (nSPS) is 23.1. The summed E-state index contributed by atoms with van der Waals surface area (Å²) >= 11 is 0. The van der Waals surface area contributed by atoms with Crippen molar-refractivity contribution in [3.63, 3.8) is 0 Å². The van der Waals surface area contributed by atoms with Gasteiger partial charge in [0, 0.05) is 50.7 Å². The fraction of sp³-hybridized carbons (Fsp3) is 0.609. The summed E-state index contributed by atoms with van der Waals surface area (Å²) in [6.07, 6.45) is 5.84. The van der Waals surface area contributed by atoms with E-state index in [9.17, 15) is 14.4 Å². The lowest BCUT2D eigenvalue weighted by molar-refractivity contribution is -0.121. The van der Waals surface area contributed by atoms with Crippen LogP contribution in [0.25, 0.3) is 0 Å². The van der Waals surface area contributed by atoms with Gasteiger partial charge < -0.3 is 30.5 Å². The molecule has 1 aromatic carbocycles. The summed E-state index contributed by atoms with van der Waals surface area (Å²) in [5.41, 5.74) is 1.32. The Bertz CT molecular complexity index is 803. The van der Waals surface area contributed by atoms with Crippen molar-refractivity contribution in [2.45, 2.75) is 44.6 Å². The summed E-state index contributed by atoms with van der Waals surface area (Å²) in [6.45, 7) is 4.07. The van der Waals surface area contributed by atoms with Gasteiger partial charge in [-0.3, -0.25) is 4.79 Å². The van der Waals surface area contributed by atoms with E-state index in [1.54, 1.807) is 24.3 Å². The zero-order valence-electron chi connectivity index (χ0n) is 18.5. The first kappa shape index (κ1) is 22.4. The van der Waals surface area contributed by atoms with Crippen molar-refractivity contribution < 1.29 is 19.1 Å². The van der Waals surface area contributed by atoms with Gasteiger partial charge in [0.15, 0.2) is 0 Å². The Morgan fingerprint density at radius 2 is 1.56 bits per heavy atom. The van der Waals surface area contributed by atoms with Gasteiger partial charge in [0.2, 0.25) is 5.91 Å². The minimum absolute atomic E-state index is 0.0631. The first-order valence-corrected chi connectivity index (χ1v) is 11.7. The molecule has 3 N–H and O–H groups in total. The molecular formula is C23H33N5O4. The molecule has 0 spiro atoms. The first-order chi connectivity index (χ1) is 15.6. The van der Waals surface area contributed by atoms with E-state index < -0.39 is 0 Å². The highest BCUT2D eigenvalue weighted by Crippen LogP contribution is 2.22. The van der Waals surface area contributed by atoms with Crippen LogP contribution in [0.15, 0.2) is 24.3 Å². The highest BCUT2D eigenvalue weighted by atomic mass is 16.5. The molecule has 3 saturated heterocycles. The lowest BCUT2D eigenvalue weighted by atomic mass is 9.97. The minimum Gasteiger partial charge on any atom is -0.376 e. The number of rotatable bonds is 5. The predicted molar refractivity (Wildman–Crippen MR) is 122 cm³/mol. The number of piperidine rings is 1. The molecule has 9 nitrogen and oxygen atoms in total. The van der Waals surface area contributed by atoms with Crippen molar-refractivity contribution in [1.29, 1.82) is 0 Å². The fourth-order valence-corrected chi connectivity index (χ4v) is 4.54. The molecule has 3 fully saturated rings. The van der Waals surface area contributed by atoms with Crippen molar-refractivity contribution in [1.82, 2.24) is 15.1 Å². The number of carbonyl (C=O) groups is 3. The molecule has 32 heavy (non-hydrogen) atoms. The van der Waals surface area contributed by atoms with Crippen LogP contribution in [0.1, 0.15) is 38.5 Å². The summed E-state index contributed by atoms with van der Waals surface area (Å²) < 4.78 is 5.49. The zero-order valence-corrected chi connectivity index (χ0v) is 18.5. The van der Waals surface area contributed by atoms with Gasteiger partial charge in [-0.05, 0) is 62.8 Å². The van der Waals surface area contributed by atoms with Gasteiger partial charge in [-0.1, -0.05) is 0 Å². The minimum atomic E-state index is -0.276. The Labute approximate surface area is 188 Å². The molecule has 3 heterocycles. The summed E-state index contributed by atoms with van der Waals surface area (Å²) in [6, 6.07) is 6.83. The fourth-order valence-electron chi connectivity index (χ4n) is 4.54. The maximum Gasteiger partial charge on any atom is 0.320 e. The SMILES string of the molecule is O=C(NC[C@H]1CCCO1)Nc1ccc(NC(=O)[C@@H]2CCCN(C(=O)N3CCCC3)C2)cc1. The van der Waals surface area contributed by atoms with E-state index in [1.807, 2.05) is 9.80 Å². The molecule has 0 bridgehead atoms. The number of nitrogens with zero attached hydrogens (tertiary/aromatic N) is 2. The van der Waals surface area contributed by atoms with Gasteiger partial charge in [0.25, 0.3) is 0 Å². The Balaban J connectivity index is 1.23. The van der Waals surface area contributed by atoms with E-state index in [1.165, 1.54) is 0 Å². The van der Waals surface area contributed by atoms with Crippen LogP contribution in [0.3, 0.4) is 0 Å². The number of anilines is 2. The largest absolute Gasteiger partial charge is 0.376 e. The summed E-state index contributed by atoms with van der Waals surface area (Å²) in [7, 11) is 0. The van der Waals surface area contributed by atoms with E-state index in [0.29, 0.717) is 31.0 Å². The third-order valence-electron chi connectivity index (χ3n) is 6.36. The highest BCUT2D eigenvalue weighted by Gasteiger charge is 2.31. The predicted octanol–water partition coefficient (Wildman–Crippen LogP) is 2.85. The number of hydrogen-bond acceptors (Lipinski definition) is 4. The van der Waals surface area contributed by atoms with Crippen LogP contribution in [0.5, 0.6) is 0 Å². The smallest absolute Gasteiger partial charge is 0.320 e. The van der Waals surface area contributed by atoms with Gasteiger partial charge in [0.05, 0.1) is 12.0 Å². The van der Waals surface area contributed by atoms with E-state index in [-0.39, 0.29) is 30.0 Å². The molecule has 3 aliphatic rings. The van der Waals surface area contributed by atoms with E-state index >= 15 is 0 Å². The number of amides is 5. The lowest BCUT2D eigenvalue weighted by Gasteiger charge is -2.34. The molecule has 9 heteroatoms. The molecule has 2 atom stereocenters. The Morgan fingerprint density at radius 1 is 0.875 bits per heavy atom. The maximum atomic E-state index is 12.8. The molecule has 0 aliphatic carbocycles. The number of ether oxygens (including phenoxy) is 1. The molecule has 5 amide bonds. The molecule has 3 aliphatic heterocycles. The van der Waals surface area contributed by atoms with Crippen LogP contribution in [-0.2, 0) is 9.53 Å². The van der Waals surface area contributed by atoms with E-state index in [4.69, 9.17) is 4.74 Å². The van der Waals surface area contributed by atoms with Gasteiger partial charge in [-0.25, -0.2) is 9.59 Å². The van der Waals surface area contributed by atoms with Crippen LogP contribution in [0.4, 0.5) is 21.0 Å². The maximum absolute atomic E-state index is 12.8. The molecule has 0 unspecified atom stereocenters.